The van der Waals surface area contributed by atoms with E-state index in [-0.39, 0.29) is 0 Å². The van der Waals surface area contributed by atoms with Crippen LogP contribution in [0.5, 0.6) is 0 Å². The molecule has 0 radical (unpaired) electrons. The lowest BCUT2D eigenvalue weighted by molar-refractivity contribution is 0.403. The van der Waals surface area contributed by atoms with Gasteiger partial charge in [0.05, 0.1) is 5.69 Å². The van der Waals surface area contributed by atoms with Gasteiger partial charge in [0, 0.05) is 5.92 Å². The second-order valence-electron chi connectivity index (χ2n) is 4.26. The molecule has 1 rings (SSSR count). The van der Waals surface area contributed by atoms with Gasteiger partial charge in [-0.05, 0) is 6.42 Å². The number of anilines is 1. The first kappa shape index (κ1) is 12.1. The molecule has 0 aliphatic rings. The van der Waals surface area contributed by atoms with Crippen molar-refractivity contribution in [2.75, 3.05) is 5.73 Å². The molecule has 0 amide bonds. The summed E-state index contributed by atoms with van der Waals surface area (Å²) in [5.74, 6) is 0.422. The summed E-state index contributed by atoms with van der Waals surface area (Å²) in [6.07, 6.45) is 9.23. The van der Waals surface area contributed by atoms with Crippen molar-refractivity contribution in [3.05, 3.63) is 12.0 Å². The van der Waals surface area contributed by atoms with Crippen LogP contribution in [0, 0.1) is 0 Å². The Labute approximate surface area is 92.0 Å². The fourth-order valence-corrected chi connectivity index (χ4v) is 1.82. The first-order chi connectivity index (χ1) is 7.25. The van der Waals surface area contributed by atoms with Gasteiger partial charge in [0.2, 0.25) is 0 Å². The van der Waals surface area contributed by atoms with E-state index in [1.807, 2.05) is 0 Å². The van der Waals surface area contributed by atoms with Gasteiger partial charge in [-0.3, -0.25) is 0 Å². The summed E-state index contributed by atoms with van der Waals surface area (Å²) in [7, 11) is 0. The van der Waals surface area contributed by atoms with Crippen molar-refractivity contribution in [1.82, 2.24) is 5.16 Å². The first-order valence-electron chi connectivity index (χ1n) is 5.95. The van der Waals surface area contributed by atoms with E-state index in [0.29, 0.717) is 11.6 Å². The van der Waals surface area contributed by atoms with Crippen LogP contribution in [0.2, 0.25) is 0 Å². The van der Waals surface area contributed by atoms with E-state index in [4.69, 9.17) is 10.3 Å². The maximum Gasteiger partial charge on any atom is 0.147 e. The molecular weight excluding hydrogens is 188 g/mol. The van der Waals surface area contributed by atoms with Gasteiger partial charge in [0.25, 0.3) is 0 Å². The smallest absolute Gasteiger partial charge is 0.147 e. The fraction of sp³-hybridized carbons (Fsp3) is 0.750. The second kappa shape index (κ2) is 6.49. The number of unbranched alkanes of at least 4 members (excludes halogenated alkanes) is 4. The molecule has 0 saturated carbocycles. The van der Waals surface area contributed by atoms with E-state index in [1.54, 1.807) is 0 Å². The second-order valence-corrected chi connectivity index (χ2v) is 4.26. The summed E-state index contributed by atoms with van der Waals surface area (Å²) in [5.41, 5.74) is 7.35. The number of nitrogen functional groups attached to an aromatic ring is 1. The maximum absolute atomic E-state index is 5.74. The Balaban J connectivity index is 2.19. The topological polar surface area (TPSA) is 52.0 Å². The van der Waals surface area contributed by atoms with Crippen molar-refractivity contribution in [3.8, 4) is 0 Å². The van der Waals surface area contributed by atoms with Gasteiger partial charge in [0.1, 0.15) is 12.0 Å². The van der Waals surface area contributed by atoms with E-state index in [1.165, 1.54) is 38.4 Å². The molecule has 1 aromatic heterocycles. The molecule has 0 bridgehead atoms. The average Bonchev–Trinajstić information content (AvgIpc) is 2.64. The lowest BCUT2D eigenvalue weighted by Crippen LogP contribution is -1.98. The number of hydrogen-bond donors (Lipinski definition) is 1. The van der Waals surface area contributed by atoms with E-state index < -0.39 is 0 Å². The van der Waals surface area contributed by atoms with E-state index in [0.717, 1.165) is 12.1 Å². The molecule has 15 heavy (non-hydrogen) atoms. The minimum absolute atomic E-state index is 0.422. The van der Waals surface area contributed by atoms with Gasteiger partial charge in [-0.2, -0.15) is 0 Å². The van der Waals surface area contributed by atoms with Crippen LogP contribution < -0.4 is 5.73 Å². The van der Waals surface area contributed by atoms with Crippen LogP contribution in [-0.2, 0) is 0 Å². The summed E-state index contributed by atoms with van der Waals surface area (Å²) in [6.45, 7) is 4.40. The Kier molecular flexibility index (Phi) is 5.22. The molecule has 1 heterocycles. The number of nitrogens with two attached hydrogens (primary N) is 1. The normalized spacial score (nSPS) is 12.9. The predicted octanol–water partition coefficient (Wildman–Crippen LogP) is 3.72. The highest BCUT2D eigenvalue weighted by Gasteiger charge is 2.12. The molecule has 0 spiro atoms. The summed E-state index contributed by atoms with van der Waals surface area (Å²) < 4.78 is 4.84. The molecule has 1 atom stereocenters. The van der Waals surface area contributed by atoms with Crippen molar-refractivity contribution >= 4 is 5.69 Å². The number of aromatic nitrogens is 1. The molecule has 1 aromatic rings. The fourth-order valence-electron chi connectivity index (χ4n) is 1.82. The summed E-state index contributed by atoms with van der Waals surface area (Å²) in [5, 5.41) is 3.93. The Hall–Kier alpha value is -0.990. The van der Waals surface area contributed by atoms with Crippen LogP contribution >= 0.6 is 0 Å². The third-order valence-electron chi connectivity index (χ3n) is 2.83. The predicted molar refractivity (Wildman–Crippen MR) is 62.7 cm³/mol. The average molecular weight is 210 g/mol. The Bertz CT molecular complexity index is 270. The van der Waals surface area contributed by atoms with Crippen molar-refractivity contribution < 1.29 is 4.52 Å². The molecule has 0 fully saturated rings. The van der Waals surface area contributed by atoms with Crippen LogP contribution in [0.3, 0.4) is 0 Å². The zero-order valence-electron chi connectivity index (χ0n) is 9.83. The molecule has 3 heteroatoms. The van der Waals surface area contributed by atoms with Crippen LogP contribution in [0.15, 0.2) is 10.8 Å². The molecule has 3 nitrogen and oxygen atoms in total. The molecule has 86 valence electrons. The lowest BCUT2D eigenvalue weighted by atomic mass is 9.98. The Morgan fingerprint density at radius 2 is 2.07 bits per heavy atom. The van der Waals surface area contributed by atoms with E-state index in [9.17, 15) is 0 Å². The lowest BCUT2D eigenvalue weighted by Gasteiger charge is -2.08. The molecular formula is C12H22N2O. The number of nitrogens with zero attached hydrogens (tertiary/aromatic N) is 1. The van der Waals surface area contributed by atoms with Crippen LogP contribution in [0.4, 0.5) is 5.69 Å². The highest BCUT2D eigenvalue weighted by molar-refractivity contribution is 5.40. The van der Waals surface area contributed by atoms with Gasteiger partial charge in [-0.25, -0.2) is 0 Å². The van der Waals surface area contributed by atoms with Crippen LogP contribution in [-0.4, -0.2) is 5.16 Å². The van der Waals surface area contributed by atoms with Gasteiger partial charge in [-0.15, -0.1) is 0 Å². The quantitative estimate of drug-likeness (QED) is 0.698. The van der Waals surface area contributed by atoms with Crippen molar-refractivity contribution in [1.29, 1.82) is 0 Å². The largest absolute Gasteiger partial charge is 0.395 e. The highest BCUT2D eigenvalue weighted by Crippen LogP contribution is 2.25. The van der Waals surface area contributed by atoms with Crippen molar-refractivity contribution in [3.63, 3.8) is 0 Å². The number of rotatable bonds is 7. The third-order valence-corrected chi connectivity index (χ3v) is 2.83. The minimum Gasteiger partial charge on any atom is -0.395 e. The summed E-state index contributed by atoms with van der Waals surface area (Å²) in [4.78, 5) is 0. The SMILES string of the molecule is CCCCCCCC(C)c1nocc1N. The molecule has 1 unspecified atom stereocenters. The van der Waals surface area contributed by atoms with Gasteiger partial charge >= 0.3 is 0 Å². The standard InChI is InChI=1S/C12H22N2O/c1-3-4-5-6-7-8-10(2)12-11(13)9-15-14-12/h9-10H,3-8,13H2,1-2H3. The van der Waals surface area contributed by atoms with Gasteiger partial charge in [-0.1, -0.05) is 51.1 Å². The Morgan fingerprint density at radius 1 is 1.33 bits per heavy atom. The third kappa shape index (κ3) is 3.94. The zero-order valence-corrected chi connectivity index (χ0v) is 9.83. The minimum atomic E-state index is 0.422. The van der Waals surface area contributed by atoms with Gasteiger partial charge in [0.15, 0.2) is 0 Å². The number of hydrogen-bond acceptors (Lipinski definition) is 3. The van der Waals surface area contributed by atoms with Gasteiger partial charge < -0.3 is 10.3 Å². The summed E-state index contributed by atoms with van der Waals surface area (Å²) in [6, 6.07) is 0. The first-order valence-corrected chi connectivity index (χ1v) is 5.95. The zero-order chi connectivity index (χ0) is 11.1. The molecule has 0 aliphatic heterocycles. The summed E-state index contributed by atoms with van der Waals surface area (Å²) >= 11 is 0. The van der Waals surface area contributed by atoms with Crippen molar-refractivity contribution in [2.24, 2.45) is 0 Å². The molecule has 0 aromatic carbocycles. The van der Waals surface area contributed by atoms with E-state index in [2.05, 4.69) is 19.0 Å². The molecule has 0 saturated heterocycles. The monoisotopic (exact) mass is 210 g/mol. The van der Waals surface area contributed by atoms with E-state index >= 15 is 0 Å². The Morgan fingerprint density at radius 3 is 2.67 bits per heavy atom. The van der Waals surface area contributed by atoms with Crippen LogP contribution in [0.25, 0.3) is 0 Å². The maximum atomic E-state index is 5.74. The van der Waals surface area contributed by atoms with Crippen molar-refractivity contribution in [2.45, 2.75) is 58.3 Å². The van der Waals surface area contributed by atoms with Crippen LogP contribution in [0.1, 0.15) is 64.0 Å². The highest BCUT2D eigenvalue weighted by atomic mass is 16.5. The molecule has 0 aliphatic carbocycles. The molecule has 2 N–H and O–H groups in total.